The van der Waals surface area contributed by atoms with Gasteiger partial charge < -0.3 is 129 Å². The van der Waals surface area contributed by atoms with Crippen LogP contribution < -0.4 is 0 Å². The van der Waals surface area contributed by atoms with Crippen LogP contribution in [0.2, 0.25) is 0 Å². The Labute approximate surface area is 316 Å². The van der Waals surface area contributed by atoms with Crippen molar-refractivity contribution in [1.82, 2.24) is 0 Å². The van der Waals surface area contributed by atoms with E-state index in [9.17, 15) is 86.8 Å². The summed E-state index contributed by atoms with van der Waals surface area (Å²) in [4.78, 5) is 0. The third-order valence-corrected chi connectivity index (χ3v) is 10.3. The van der Waals surface area contributed by atoms with E-state index in [1.807, 2.05) is 0 Å². The number of aliphatic hydroxyl groups is 17. The normalized spacial score (nSPS) is 53.2. The quantitative estimate of drug-likeness (QED) is 0.0819. The van der Waals surface area contributed by atoms with Crippen molar-refractivity contribution in [3.63, 3.8) is 0 Å². The predicted molar refractivity (Wildman–Crippen MR) is 167 cm³/mol. The van der Waals surface area contributed by atoms with Gasteiger partial charge in [0.2, 0.25) is 0 Å². The standard InChI is InChI=1S/C30H52O26/c31-1-6-11(34)16(39)19(42)27(51-6)48-5-10-15(38)25(56-29-20(43)17(40)12(35)7(2-32)52-29)23(46)28(53-10)49-4-9-13(36)18(41)21(44)30(54-9)55-24-14(37)8(3-33)50-26(47)22(24)45/h6-47H,1-5H2/t6-,7-,8-,9-,10-,11-,12-,13-,14-,15-,16+,17+,18+,19+,20+,21+,22+,23+,24+,25+,26?,27+,28+,29-,30-/m1/s1. The lowest BCUT2D eigenvalue weighted by Crippen LogP contribution is -2.66. The van der Waals surface area contributed by atoms with Crippen molar-refractivity contribution in [3.05, 3.63) is 0 Å². The van der Waals surface area contributed by atoms with Crippen LogP contribution in [0.15, 0.2) is 0 Å². The molecule has 0 aromatic heterocycles. The first-order valence-electron chi connectivity index (χ1n) is 17.6. The zero-order valence-corrected chi connectivity index (χ0v) is 29.2. The molecule has 5 rings (SSSR count). The SMILES string of the molecule is OC[C@H]1O[C@H](OC[C@H]2O[C@H](OC[C@H]3O[C@H](O[C@H]4[C@H](O)[C@@H](CO)OC(O)[C@H]4O)[C@@H](O)[C@@H](O)[C@@H]3O)[C@@H](O)[C@@H](O[C@H]3O[C@H](CO)[C@@H](O)[C@H](O)[C@@H]3O)[C@@H]2O)[C@@H](O)[C@@H](O)[C@@H]1O. The van der Waals surface area contributed by atoms with Gasteiger partial charge in [-0.2, -0.15) is 0 Å². The first-order valence-corrected chi connectivity index (χ1v) is 17.6. The van der Waals surface area contributed by atoms with Gasteiger partial charge in [0.05, 0.1) is 33.0 Å². The molecule has 5 fully saturated rings. The molecule has 0 radical (unpaired) electrons. The molecule has 25 atom stereocenters. The molecule has 0 aliphatic carbocycles. The molecule has 5 aliphatic heterocycles. The average Bonchev–Trinajstić information content (AvgIpc) is 3.18. The fourth-order valence-electron chi connectivity index (χ4n) is 6.81. The summed E-state index contributed by atoms with van der Waals surface area (Å²) in [5.41, 5.74) is 0. The van der Waals surface area contributed by atoms with Crippen molar-refractivity contribution >= 4 is 0 Å². The molecule has 0 amide bonds. The van der Waals surface area contributed by atoms with Gasteiger partial charge in [0.25, 0.3) is 0 Å². The average molecular weight is 829 g/mol. The van der Waals surface area contributed by atoms with Gasteiger partial charge in [-0.1, -0.05) is 0 Å². The Balaban J connectivity index is 1.32. The van der Waals surface area contributed by atoms with E-state index in [0.717, 1.165) is 0 Å². The molecule has 56 heavy (non-hydrogen) atoms. The Morgan fingerprint density at radius 2 is 0.625 bits per heavy atom. The van der Waals surface area contributed by atoms with E-state index in [2.05, 4.69) is 0 Å². The molecule has 0 aromatic carbocycles. The molecule has 0 bridgehead atoms. The maximum absolute atomic E-state index is 11.3. The van der Waals surface area contributed by atoms with Crippen LogP contribution in [0.25, 0.3) is 0 Å². The van der Waals surface area contributed by atoms with Crippen molar-refractivity contribution in [2.75, 3.05) is 33.0 Å². The third-order valence-electron chi connectivity index (χ3n) is 10.3. The number of hydrogen-bond donors (Lipinski definition) is 17. The first-order chi connectivity index (χ1) is 26.4. The van der Waals surface area contributed by atoms with Gasteiger partial charge in [-0.15, -0.1) is 0 Å². The van der Waals surface area contributed by atoms with E-state index < -0.39 is 187 Å². The molecule has 0 aromatic rings. The van der Waals surface area contributed by atoms with Crippen molar-refractivity contribution in [2.45, 2.75) is 154 Å². The fourth-order valence-corrected chi connectivity index (χ4v) is 6.81. The molecule has 17 N–H and O–H groups in total. The van der Waals surface area contributed by atoms with Gasteiger partial charge in [-0.25, -0.2) is 0 Å². The van der Waals surface area contributed by atoms with Gasteiger partial charge >= 0.3 is 0 Å². The zero-order valence-electron chi connectivity index (χ0n) is 29.2. The summed E-state index contributed by atoms with van der Waals surface area (Å²) in [5.74, 6) is 0. The van der Waals surface area contributed by atoms with Gasteiger partial charge in [0.15, 0.2) is 31.5 Å². The predicted octanol–water partition coefficient (Wildman–Crippen LogP) is -11.9. The topological polar surface area (TPSA) is 427 Å². The van der Waals surface area contributed by atoms with Crippen LogP contribution in [-0.2, 0) is 42.6 Å². The number of ether oxygens (including phenoxy) is 9. The molecular formula is C30H52O26. The van der Waals surface area contributed by atoms with Crippen molar-refractivity contribution in [1.29, 1.82) is 0 Å². The van der Waals surface area contributed by atoms with Crippen LogP contribution in [0.1, 0.15) is 0 Å². The molecule has 26 nitrogen and oxygen atoms in total. The lowest BCUT2D eigenvalue weighted by atomic mass is 9.96. The van der Waals surface area contributed by atoms with Gasteiger partial charge in [-0.3, -0.25) is 0 Å². The summed E-state index contributed by atoms with van der Waals surface area (Å²) in [5, 5.41) is 176. The highest BCUT2D eigenvalue weighted by molar-refractivity contribution is 4.97. The third kappa shape index (κ3) is 9.46. The first kappa shape index (κ1) is 46.0. The highest BCUT2D eigenvalue weighted by Gasteiger charge is 2.54. The monoisotopic (exact) mass is 828 g/mol. The second-order valence-electron chi connectivity index (χ2n) is 14.0. The van der Waals surface area contributed by atoms with Gasteiger partial charge in [0, 0.05) is 0 Å². The minimum atomic E-state index is -2.08. The second-order valence-corrected chi connectivity index (χ2v) is 14.0. The summed E-state index contributed by atoms with van der Waals surface area (Å²) in [6.07, 6.45) is -46.0. The van der Waals surface area contributed by atoms with Gasteiger partial charge in [0.1, 0.15) is 122 Å². The van der Waals surface area contributed by atoms with E-state index in [1.54, 1.807) is 0 Å². The summed E-state index contributed by atoms with van der Waals surface area (Å²) in [7, 11) is 0. The molecular weight excluding hydrogens is 776 g/mol. The largest absolute Gasteiger partial charge is 0.394 e. The Kier molecular flexibility index (Phi) is 16.1. The fraction of sp³-hybridized carbons (Fsp3) is 1.00. The minimum absolute atomic E-state index is 0.787. The molecule has 0 spiro atoms. The number of aliphatic hydroxyl groups excluding tert-OH is 17. The molecule has 0 saturated carbocycles. The van der Waals surface area contributed by atoms with Crippen LogP contribution >= 0.6 is 0 Å². The second kappa shape index (κ2) is 19.6. The number of hydrogen-bond acceptors (Lipinski definition) is 26. The summed E-state index contributed by atoms with van der Waals surface area (Å²) in [6.45, 7) is -4.14. The zero-order chi connectivity index (χ0) is 41.3. The van der Waals surface area contributed by atoms with Crippen LogP contribution in [0.4, 0.5) is 0 Å². The summed E-state index contributed by atoms with van der Waals surface area (Å²) >= 11 is 0. The van der Waals surface area contributed by atoms with Crippen LogP contribution in [-0.4, -0.2) is 273 Å². The highest BCUT2D eigenvalue weighted by Crippen LogP contribution is 2.33. The van der Waals surface area contributed by atoms with E-state index in [4.69, 9.17) is 42.6 Å². The van der Waals surface area contributed by atoms with Crippen molar-refractivity contribution < 1.29 is 129 Å². The molecule has 328 valence electrons. The van der Waals surface area contributed by atoms with Crippen molar-refractivity contribution in [2.24, 2.45) is 0 Å². The molecule has 1 unspecified atom stereocenters. The Bertz CT molecular complexity index is 1200. The molecule has 26 heteroatoms. The summed E-state index contributed by atoms with van der Waals surface area (Å²) in [6, 6.07) is 0. The van der Waals surface area contributed by atoms with Gasteiger partial charge in [-0.05, 0) is 0 Å². The number of rotatable bonds is 13. The molecule has 5 aliphatic rings. The summed E-state index contributed by atoms with van der Waals surface area (Å²) < 4.78 is 49.0. The van der Waals surface area contributed by atoms with E-state index in [0.29, 0.717) is 0 Å². The van der Waals surface area contributed by atoms with Crippen LogP contribution in [0, 0.1) is 0 Å². The van der Waals surface area contributed by atoms with Crippen LogP contribution in [0.3, 0.4) is 0 Å². The Morgan fingerprint density at radius 1 is 0.304 bits per heavy atom. The Morgan fingerprint density at radius 3 is 1.11 bits per heavy atom. The minimum Gasteiger partial charge on any atom is -0.394 e. The molecule has 5 saturated heterocycles. The maximum atomic E-state index is 11.3. The van der Waals surface area contributed by atoms with E-state index >= 15 is 0 Å². The lowest BCUT2D eigenvalue weighted by molar-refractivity contribution is -0.375. The van der Waals surface area contributed by atoms with E-state index in [1.165, 1.54) is 0 Å². The molecule has 5 heterocycles. The maximum Gasteiger partial charge on any atom is 0.187 e. The van der Waals surface area contributed by atoms with E-state index in [-0.39, 0.29) is 0 Å². The highest BCUT2D eigenvalue weighted by atomic mass is 16.8. The smallest absolute Gasteiger partial charge is 0.187 e. The van der Waals surface area contributed by atoms with Crippen molar-refractivity contribution in [3.8, 4) is 0 Å². The Hall–Kier alpha value is -1.04. The van der Waals surface area contributed by atoms with Crippen LogP contribution in [0.5, 0.6) is 0 Å². The lowest BCUT2D eigenvalue weighted by Gasteiger charge is -2.47.